The Hall–Kier alpha value is -3.42. The molecule has 0 saturated heterocycles. The van der Waals surface area contributed by atoms with Crippen molar-refractivity contribution in [3.05, 3.63) is 62.9 Å². The van der Waals surface area contributed by atoms with E-state index in [4.69, 9.17) is 4.74 Å². The number of sulfonamides is 1. The zero-order valence-electron chi connectivity index (χ0n) is 22.5. The molecule has 1 aromatic heterocycles. The van der Waals surface area contributed by atoms with E-state index >= 15 is 0 Å². The molecule has 210 valence electrons. The Kier molecular flexibility index (Phi) is 9.75. The number of amides is 1. The van der Waals surface area contributed by atoms with Crippen LogP contribution in [0.1, 0.15) is 45.0 Å². The van der Waals surface area contributed by atoms with Crippen LogP contribution in [0.2, 0.25) is 0 Å². The van der Waals surface area contributed by atoms with Crippen LogP contribution in [0.25, 0.3) is 10.2 Å². The Balaban J connectivity index is 2.00. The van der Waals surface area contributed by atoms with E-state index in [2.05, 4.69) is 4.99 Å². The third-order valence-corrected chi connectivity index (χ3v) is 8.43. The van der Waals surface area contributed by atoms with Crippen molar-refractivity contribution in [2.45, 2.75) is 46.1 Å². The van der Waals surface area contributed by atoms with Gasteiger partial charge in [-0.15, -0.1) is 0 Å². The van der Waals surface area contributed by atoms with Crippen molar-refractivity contribution < 1.29 is 27.7 Å². The number of non-ortho nitro benzene ring substituents is 1. The molecule has 0 unspecified atom stereocenters. The molecule has 1 heterocycles. The molecule has 11 nitrogen and oxygen atoms in total. The number of carbonyl (C=O) groups excluding carboxylic acids is 2. The number of nitrogens with zero attached hydrogens (tertiary/aromatic N) is 4. The van der Waals surface area contributed by atoms with Gasteiger partial charge >= 0.3 is 5.97 Å². The van der Waals surface area contributed by atoms with E-state index in [0.29, 0.717) is 23.3 Å². The Bertz CT molecular complexity index is 1530. The summed E-state index contributed by atoms with van der Waals surface area (Å²) >= 11 is 1.02. The van der Waals surface area contributed by atoms with Crippen LogP contribution < -0.4 is 4.80 Å². The second kappa shape index (κ2) is 12.6. The van der Waals surface area contributed by atoms with Gasteiger partial charge in [0.25, 0.3) is 11.6 Å². The smallest absolute Gasteiger partial charge is 0.326 e. The maximum absolute atomic E-state index is 13.3. The van der Waals surface area contributed by atoms with Crippen molar-refractivity contribution in [2.75, 3.05) is 19.7 Å². The van der Waals surface area contributed by atoms with E-state index in [-0.39, 0.29) is 45.9 Å². The summed E-state index contributed by atoms with van der Waals surface area (Å²) in [5.74, 6) is -0.922. The lowest BCUT2D eigenvalue weighted by Crippen LogP contribution is -2.37. The van der Waals surface area contributed by atoms with Gasteiger partial charge in [-0.3, -0.25) is 19.7 Å². The van der Waals surface area contributed by atoms with E-state index < -0.39 is 26.8 Å². The summed E-state index contributed by atoms with van der Waals surface area (Å²) in [4.78, 5) is 40.4. The largest absolute Gasteiger partial charge is 0.465 e. The Labute approximate surface area is 230 Å². The molecule has 3 aromatic rings. The average molecular weight is 577 g/mol. The number of fused-ring (bicyclic) bond motifs is 1. The van der Waals surface area contributed by atoms with Crippen LogP contribution in [0, 0.1) is 22.0 Å². The molecule has 0 bridgehead atoms. The lowest BCUT2D eigenvalue weighted by atomic mass is 10.2. The highest BCUT2D eigenvalue weighted by molar-refractivity contribution is 7.89. The molecule has 13 heteroatoms. The van der Waals surface area contributed by atoms with E-state index in [0.717, 1.165) is 11.3 Å². The highest BCUT2D eigenvalue weighted by Gasteiger charge is 2.26. The second-order valence-corrected chi connectivity index (χ2v) is 12.7. The van der Waals surface area contributed by atoms with Crippen molar-refractivity contribution in [2.24, 2.45) is 16.8 Å². The fourth-order valence-corrected chi connectivity index (χ4v) is 6.73. The molecule has 0 radical (unpaired) electrons. The number of nitro groups is 1. The van der Waals surface area contributed by atoms with E-state index in [1.165, 1.54) is 51.3 Å². The highest BCUT2D eigenvalue weighted by Crippen LogP contribution is 2.24. The highest BCUT2D eigenvalue weighted by atomic mass is 32.2. The SMILES string of the molecule is CCOC(=O)Cn1c(=NC(=O)c2ccc(S(=O)(=O)N(CC(C)C)CC(C)C)cc2)sc2cc([N+](=O)[O-])ccc21. The normalized spacial score (nSPS) is 12.6. The van der Waals surface area contributed by atoms with Gasteiger partial charge in [-0.05, 0) is 49.1 Å². The molecule has 0 N–H and O–H groups in total. The van der Waals surface area contributed by atoms with Crippen molar-refractivity contribution in [1.29, 1.82) is 0 Å². The number of esters is 1. The first kappa shape index (κ1) is 30.1. The van der Waals surface area contributed by atoms with Crippen LogP contribution in [0.3, 0.4) is 0 Å². The summed E-state index contributed by atoms with van der Waals surface area (Å²) in [6.07, 6.45) is 0. The summed E-state index contributed by atoms with van der Waals surface area (Å²) in [6.45, 7) is 10.2. The predicted molar refractivity (Wildman–Crippen MR) is 148 cm³/mol. The van der Waals surface area contributed by atoms with Gasteiger partial charge in [0.05, 0.1) is 26.6 Å². The lowest BCUT2D eigenvalue weighted by molar-refractivity contribution is -0.384. The molecular formula is C26H32N4O7S2. The molecule has 1 amide bonds. The molecule has 0 spiro atoms. The molecular weight excluding hydrogens is 544 g/mol. The van der Waals surface area contributed by atoms with Gasteiger partial charge in [0.1, 0.15) is 6.54 Å². The minimum atomic E-state index is -3.76. The predicted octanol–water partition coefficient (Wildman–Crippen LogP) is 4.22. The zero-order valence-corrected chi connectivity index (χ0v) is 24.1. The number of aromatic nitrogens is 1. The fraction of sp³-hybridized carbons (Fsp3) is 0.423. The van der Waals surface area contributed by atoms with Crippen LogP contribution in [-0.2, 0) is 26.1 Å². The number of ether oxygens (including phenoxy) is 1. The number of nitro benzene ring substituents is 1. The number of benzene rings is 2. The van der Waals surface area contributed by atoms with E-state index in [1.54, 1.807) is 6.92 Å². The summed E-state index contributed by atoms with van der Waals surface area (Å²) < 4.78 is 35.0. The van der Waals surface area contributed by atoms with Crippen molar-refractivity contribution in [1.82, 2.24) is 8.87 Å². The molecule has 0 fully saturated rings. The lowest BCUT2D eigenvalue weighted by Gasteiger charge is -2.25. The maximum Gasteiger partial charge on any atom is 0.326 e. The molecule has 2 aromatic carbocycles. The zero-order chi connectivity index (χ0) is 28.9. The number of rotatable bonds is 11. The van der Waals surface area contributed by atoms with Crippen LogP contribution in [0.5, 0.6) is 0 Å². The summed E-state index contributed by atoms with van der Waals surface area (Å²) in [5, 5.41) is 11.2. The molecule has 0 saturated carbocycles. The minimum absolute atomic E-state index is 0.0758. The average Bonchev–Trinajstić information content (AvgIpc) is 3.19. The van der Waals surface area contributed by atoms with Gasteiger partial charge in [0, 0.05) is 30.8 Å². The molecule has 0 aliphatic heterocycles. The summed E-state index contributed by atoms with van der Waals surface area (Å²) in [7, 11) is -3.76. The molecule has 3 rings (SSSR count). The third-order valence-electron chi connectivity index (χ3n) is 5.54. The minimum Gasteiger partial charge on any atom is -0.465 e. The Morgan fingerprint density at radius 1 is 1.08 bits per heavy atom. The van der Waals surface area contributed by atoms with Gasteiger partial charge in [-0.25, -0.2) is 8.42 Å². The second-order valence-electron chi connectivity index (χ2n) is 9.74. The Morgan fingerprint density at radius 3 is 2.23 bits per heavy atom. The summed E-state index contributed by atoms with van der Waals surface area (Å²) in [5.41, 5.74) is 0.507. The van der Waals surface area contributed by atoms with Crippen LogP contribution in [-0.4, -0.2) is 53.8 Å². The van der Waals surface area contributed by atoms with Crippen molar-refractivity contribution >= 4 is 49.1 Å². The topological polar surface area (TPSA) is 141 Å². The van der Waals surface area contributed by atoms with E-state index in [1.807, 2.05) is 27.7 Å². The molecule has 0 aliphatic carbocycles. The standard InChI is InChI=1S/C26H32N4O7S2/c1-6-37-24(31)16-29-22-12-9-20(30(33)34)13-23(22)38-26(29)27-25(32)19-7-10-21(11-8-19)39(35,36)28(14-17(2)3)15-18(4)5/h7-13,17-18H,6,14-16H2,1-5H3. The number of carbonyl (C=O) groups is 2. The van der Waals surface area contributed by atoms with Crippen molar-refractivity contribution in [3.63, 3.8) is 0 Å². The van der Waals surface area contributed by atoms with Crippen molar-refractivity contribution in [3.8, 4) is 0 Å². The number of hydrogen-bond acceptors (Lipinski definition) is 8. The molecule has 0 aliphatic rings. The monoisotopic (exact) mass is 576 g/mol. The molecule has 39 heavy (non-hydrogen) atoms. The van der Waals surface area contributed by atoms with Gasteiger partial charge in [-0.2, -0.15) is 9.30 Å². The molecule has 0 atom stereocenters. The van der Waals surface area contributed by atoms with E-state index in [9.17, 15) is 28.1 Å². The first-order chi connectivity index (χ1) is 18.3. The quantitative estimate of drug-likeness (QED) is 0.189. The Morgan fingerprint density at radius 2 is 1.69 bits per heavy atom. The fourth-order valence-electron chi connectivity index (χ4n) is 3.90. The van der Waals surface area contributed by atoms with Crippen LogP contribution in [0.15, 0.2) is 52.4 Å². The first-order valence-electron chi connectivity index (χ1n) is 12.5. The summed E-state index contributed by atoms with van der Waals surface area (Å²) in [6, 6.07) is 9.71. The van der Waals surface area contributed by atoms with Crippen LogP contribution >= 0.6 is 11.3 Å². The van der Waals surface area contributed by atoms with Crippen LogP contribution in [0.4, 0.5) is 5.69 Å². The van der Waals surface area contributed by atoms with Gasteiger partial charge < -0.3 is 9.30 Å². The maximum atomic E-state index is 13.3. The van der Waals surface area contributed by atoms with Gasteiger partial charge in [0.2, 0.25) is 10.0 Å². The third kappa shape index (κ3) is 7.37. The first-order valence-corrected chi connectivity index (χ1v) is 14.7. The number of hydrogen-bond donors (Lipinski definition) is 0. The van der Waals surface area contributed by atoms with Gasteiger partial charge in [-0.1, -0.05) is 39.0 Å². The number of thiazole rings is 1. The van der Waals surface area contributed by atoms with Gasteiger partial charge in [0.15, 0.2) is 4.80 Å².